The van der Waals surface area contributed by atoms with E-state index in [0.29, 0.717) is 0 Å². The molecule has 0 amide bonds. The highest BCUT2D eigenvalue weighted by Gasteiger charge is 2.91. The third kappa shape index (κ3) is 3.52. The van der Waals surface area contributed by atoms with Gasteiger partial charge in [0.15, 0.2) is 0 Å². The molecule has 0 radical (unpaired) electrons. The van der Waals surface area contributed by atoms with E-state index in [4.69, 9.17) is 10.2 Å². The standard InChI is InChI=1S/C14H5F13O4/c15-9(16,5-3-1-2-4(7(28)29)6(5)8(30)31)10(17,18)11(19,20)12(21,22)13(23,24)14(25,26)27/h1-3H,(H,28,29)(H,30,31). The van der Waals surface area contributed by atoms with E-state index >= 15 is 0 Å². The molecule has 31 heavy (non-hydrogen) atoms. The Bertz CT molecular complexity index is 889. The van der Waals surface area contributed by atoms with Crippen LogP contribution in [-0.4, -0.2) is 52.0 Å². The molecule has 0 bridgehead atoms. The van der Waals surface area contributed by atoms with Crippen LogP contribution in [0, 0.1) is 0 Å². The molecular weight excluding hydrogens is 479 g/mol. The average Bonchev–Trinajstić information content (AvgIpc) is 2.59. The average molecular weight is 484 g/mol. The maximum absolute atomic E-state index is 14.2. The summed E-state index contributed by atoms with van der Waals surface area (Å²) >= 11 is 0. The normalized spacial score (nSPS) is 14.5. The number of benzene rings is 1. The van der Waals surface area contributed by atoms with Crippen molar-refractivity contribution in [3.05, 3.63) is 34.9 Å². The Morgan fingerprint density at radius 1 is 0.613 bits per heavy atom. The number of carboxylic acid groups (broad SMARTS) is 2. The summed E-state index contributed by atoms with van der Waals surface area (Å²) < 4.78 is 171. The molecule has 1 aromatic carbocycles. The lowest BCUT2D eigenvalue weighted by Crippen LogP contribution is -2.69. The molecule has 176 valence electrons. The second kappa shape index (κ2) is 7.15. The molecule has 0 heterocycles. The Balaban J connectivity index is 3.87. The first-order valence-electron chi connectivity index (χ1n) is 7.06. The molecule has 0 saturated heterocycles. The summed E-state index contributed by atoms with van der Waals surface area (Å²) in [4.78, 5) is 21.9. The van der Waals surface area contributed by atoms with Gasteiger partial charge in [0.1, 0.15) is 0 Å². The van der Waals surface area contributed by atoms with Crippen LogP contribution in [0.2, 0.25) is 0 Å². The molecule has 0 aliphatic carbocycles. The largest absolute Gasteiger partial charge is 0.478 e. The van der Waals surface area contributed by atoms with Gasteiger partial charge in [-0.2, -0.15) is 57.1 Å². The van der Waals surface area contributed by atoms with E-state index in [1.807, 2.05) is 0 Å². The molecule has 0 saturated carbocycles. The summed E-state index contributed by atoms with van der Waals surface area (Å²) in [6, 6.07) is -0.177. The van der Waals surface area contributed by atoms with Crippen LogP contribution in [-0.2, 0) is 5.92 Å². The fourth-order valence-corrected chi connectivity index (χ4v) is 2.16. The lowest BCUT2D eigenvalue weighted by Gasteiger charge is -2.40. The molecule has 0 spiro atoms. The maximum Gasteiger partial charge on any atom is 0.460 e. The Kier molecular flexibility index (Phi) is 6.06. The Morgan fingerprint density at radius 3 is 1.39 bits per heavy atom. The van der Waals surface area contributed by atoms with E-state index in [9.17, 15) is 66.7 Å². The minimum atomic E-state index is -8.17. The van der Waals surface area contributed by atoms with Gasteiger partial charge in [-0.15, -0.1) is 0 Å². The van der Waals surface area contributed by atoms with Crippen LogP contribution in [0.5, 0.6) is 0 Å². The molecule has 0 atom stereocenters. The Hall–Kier alpha value is -2.75. The van der Waals surface area contributed by atoms with E-state index < -0.39 is 70.5 Å². The SMILES string of the molecule is O=C(O)c1cccc(C(F)(F)C(F)(F)C(F)(F)C(F)(F)C(F)(F)C(F)(F)F)c1C(=O)O. The number of halogens is 13. The van der Waals surface area contributed by atoms with Gasteiger partial charge in [0.25, 0.3) is 0 Å². The highest BCUT2D eigenvalue weighted by molar-refractivity contribution is 6.03. The van der Waals surface area contributed by atoms with Crippen LogP contribution < -0.4 is 0 Å². The van der Waals surface area contributed by atoms with Gasteiger partial charge in [-0.1, -0.05) is 12.1 Å². The van der Waals surface area contributed by atoms with E-state index in [0.717, 1.165) is 0 Å². The first-order valence-corrected chi connectivity index (χ1v) is 7.06. The summed E-state index contributed by atoms with van der Waals surface area (Å²) in [5.41, 5.74) is -6.94. The van der Waals surface area contributed by atoms with E-state index in [1.54, 1.807) is 0 Å². The molecule has 1 rings (SSSR count). The number of aromatic carboxylic acids is 2. The fraction of sp³-hybridized carbons (Fsp3) is 0.429. The van der Waals surface area contributed by atoms with Crippen molar-refractivity contribution in [3.8, 4) is 0 Å². The van der Waals surface area contributed by atoms with Crippen molar-refractivity contribution in [1.29, 1.82) is 0 Å². The zero-order valence-corrected chi connectivity index (χ0v) is 13.9. The number of carbonyl (C=O) groups is 2. The van der Waals surface area contributed by atoms with Gasteiger partial charge in [0, 0.05) is 5.56 Å². The van der Waals surface area contributed by atoms with Gasteiger partial charge < -0.3 is 10.2 Å². The van der Waals surface area contributed by atoms with Crippen molar-refractivity contribution in [3.63, 3.8) is 0 Å². The lowest BCUT2D eigenvalue weighted by atomic mass is 9.87. The number of carboxylic acids is 2. The van der Waals surface area contributed by atoms with Crippen molar-refractivity contribution in [2.75, 3.05) is 0 Å². The van der Waals surface area contributed by atoms with E-state index in [2.05, 4.69) is 0 Å². The van der Waals surface area contributed by atoms with Crippen molar-refractivity contribution in [2.45, 2.75) is 35.8 Å². The van der Waals surface area contributed by atoms with E-state index in [-0.39, 0.29) is 12.1 Å². The lowest BCUT2D eigenvalue weighted by molar-refractivity contribution is -0.441. The molecule has 4 nitrogen and oxygen atoms in total. The summed E-state index contributed by atoms with van der Waals surface area (Å²) in [5.74, 6) is -44.1. The third-order valence-corrected chi connectivity index (χ3v) is 3.78. The first kappa shape index (κ1) is 26.3. The predicted octanol–water partition coefficient (Wildman–Crippen LogP) is 5.28. The molecule has 0 unspecified atom stereocenters. The van der Waals surface area contributed by atoms with Crippen LogP contribution in [0.3, 0.4) is 0 Å². The molecular formula is C14H5F13O4. The Morgan fingerprint density at radius 2 is 1.03 bits per heavy atom. The molecule has 17 heteroatoms. The highest BCUT2D eigenvalue weighted by Crippen LogP contribution is 2.62. The fourth-order valence-electron chi connectivity index (χ4n) is 2.16. The zero-order valence-electron chi connectivity index (χ0n) is 13.9. The third-order valence-electron chi connectivity index (χ3n) is 3.78. The van der Waals surface area contributed by atoms with Crippen LogP contribution >= 0.6 is 0 Å². The van der Waals surface area contributed by atoms with Crippen molar-refractivity contribution >= 4 is 11.9 Å². The first-order chi connectivity index (χ1) is 13.5. The summed E-state index contributed by atoms with van der Waals surface area (Å²) in [7, 11) is 0. The van der Waals surface area contributed by atoms with Crippen LogP contribution in [0.25, 0.3) is 0 Å². The van der Waals surface area contributed by atoms with Crippen molar-refractivity contribution in [1.82, 2.24) is 0 Å². The number of rotatable bonds is 7. The highest BCUT2D eigenvalue weighted by atomic mass is 19.4. The monoisotopic (exact) mass is 484 g/mol. The van der Waals surface area contributed by atoms with Gasteiger partial charge in [-0.25, -0.2) is 9.59 Å². The molecule has 2 N–H and O–H groups in total. The summed E-state index contributed by atoms with van der Waals surface area (Å²) in [6.45, 7) is 0. The Labute approximate surface area is 160 Å². The van der Waals surface area contributed by atoms with Crippen LogP contribution in [0.15, 0.2) is 18.2 Å². The second-order valence-corrected chi connectivity index (χ2v) is 5.71. The van der Waals surface area contributed by atoms with E-state index in [1.165, 1.54) is 0 Å². The molecule has 0 aliphatic heterocycles. The maximum atomic E-state index is 14.2. The molecule has 1 aromatic rings. The van der Waals surface area contributed by atoms with Gasteiger partial charge in [0.2, 0.25) is 0 Å². The molecule has 0 fully saturated rings. The van der Waals surface area contributed by atoms with Gasteiger partial charge in [0.05, 0.1) is 11.1 Å². The quantitative estimate of drug-likeness (QED) is 0.517. The molecule has 0 aromatic heterocycles. The molecule has 0 aliphatic rings. The topological polar surface area (TPSA) is 74.6 Å². The van der Waals surface area contributed by atoms with Crippen LogP contribution in [0.1, 0.15) is 26.3 Å². The number of hydrogen-bond acceptors (Lipinski definition) is 2. The number of hydrogen-bond donors (Lipinski definition) is 2. The van der Waals surface area contributed by atoms with Crippen LogP contribution in [0.4, 0.5) is 57.1 Å². The second-order valence-electron chi connectivity index (χ2n) is 5.71. The van der Waals surface area contributed by atoms with Crippen molar-refractivity contribution < 1.29 is 76.9 Å². The zero-order chi connectivity index (χ0) is 25.0. The predicted molar refractivity (Wildman–Crippen MR) is 70.1 cm³/mol. The van der Waals surface area contributed by atoms with Gasteiger partial charge in [-0.05, 0) is 6.07 Å². The smallest absolute Gasteiger partial charge is 0.460 e. The summed E-state index contributed by atoms with van der Waals surface area (Å²) in [6.07, 6.45) is -7.60. The minimum absolute atomic E-state index is 0.0792. The number of alkyl halides is 13. The van der Waals surface area contributed by atoms with Gasteiger partial charge in [-0.3, -0.25) is 0 Å². The van der Waals surface area contributed by atoms with Gasteiger partial charge >= 0.3 is 47.7 Å². The summed E-state index contributed by atoms with van der Waals surface area (Å²) in [5, 5.41) is 17.5. The van der Waals surface area contributed by atoms with Crippen molar-refractivity contribution in [2.24, 2.45) is 0 Å². The minimum Gasteiger partial charge on any atom is -0.478 e.